The molecule has 0 aliphatic carbocycles. The number of hydrogen-bond donors (Lipinski definition) is 3. The first-order chi connectivity index (χ1) is 19.3. The van der Waals surface area contributed by atoms with E-state index in [1.165, 1.54) is 0 Å². The van der Waals surface area contributed by atoms with Crippen molar-refractivity contribution in [1.29, 1.82) is 0 Å². The molecule has 3 N–H and O–H groups in total. The van der Waals surface area contributed by atoms with Gasteiger partial charge in [0.05, 0.1) is 23.3 Å². The third-order valence-corrected chi connectivity index (χ3v) is 7.22. The molecule has 0 bridgehead atoms. The molecule has 2 aromatic carbocycles. The van der Waals surface area contributed by atoms with Gasteiger partial charge >= 0.3 is 5.97 Å². The van der Waals surface area contributed by atoms with E-state index in [1.54, 1.807) is 17.8 Å². The highest BCUT2D eigenvalue weighted by atomic mass is 16.4. The lowest BCUT2D eigenvalue weighted by Gasteiger charge is -2.30. The second-order valence-electron chi connectivity index (χ2n) is 9.88. The minimum atomic E-state index is -1.16. The summed E-state index contributed by atoms with van der Waals surface area (Å²) >= 11 is 0. The molecule has 3 heterocycles. The Morgan fingerprint density at radius 3 is 2.50 bits per heavy atom. The fourth-order valence-electron chi connectivity index (χ4n) is 5.22. The first kappa shape index (κ1) is 26.8. The second kappa shape index (κ2) is 11.5. The molecule has 1 aliphatic heterocycles. The van der Waals surface area contributed by atoms with Gasteiger partial charge in [0.25, 0.3) is 0 Å². The van der Waals surface area contributed by atoms with Crippen LogP contribution >= 0.6 is 0 Å². The van der Waals surface area contributed by atoms with Crippen LogP contribution in [0.5, 0.6) is 0 Å². The fourth-order valence-corrected chi connectivity index (χ4v) is 5.22. The molecule has 0 spiro atoms. The van der Waals surface area contributed by atoms with E-state index in [4.69, 9.17) is 10.2 Å². The topological polar surface area (TPSA) is 147 Å². The maximum Gasteiger partial charge on any atom is 0.322 e. The van der Waals surface area contributed by atoms with Crippen molar-refractivity contribution in [1.82, 2.24) is 30.3 Å². The zero-order valence-electron chi connectivity index (χ0n) is 22.1. The molecule has 206 valence electrons. The third kappa shape index (κ3) is 5.78. The van der Waals surface area contributed by atoms with Gasteiger partial charge in [0.15, 0.2) is 0 Å². The highest BCUT2D eigenvalue weighted by Crippen LogP contribution is 2.38. The van der Waals surface area contributed by atoms with Crippen LogP contribution in [0, 0.1) is 0 Å². The summed E-state index contributed by atoms with van der Waals surface area (Å²) in [4.78, 5) is 53.5. The van der Waals surface area contributed by atoms with Gasteiger partial charge in [0.2, 0.25) is 17.7 Å². The van der Waals surface area contributed by atoms with E-state index in [-0.39, 0.29) is 24.9 Å². The standard InChI is InChI=1S/C29H30N6O5/c1-18(36)34-12-9-19(10-13-34)29-28-22(20-7-8-23-21(14-20)4-3-11-30-23)5-2-6-24(28)35(33-29)17-26(38)31-15-25(37)32-16-27(39)40/h2-8,11,14,19H,9-10,12-13,15-17H2,1H3,(H,31,38)(H,32,37)(H,39,40). The number of carboxylic acid groups (broad SMARTS) is 1. The Morgan fingerprint density at radius 2 is 1.75 bits per heavy atom. The summed E-state index contributed by atoms with van der Waals surface area (Å²) in [7, 11) is 0. The number of nitrogens with zero attached hydrogens (tertiary/aromatic N) is 4. The van der Waals surface area contributed by atoms with Crippen molar-refractivity contribution in [3.05, 3.63) is 60.4 Å². The van der Waals surface area contributed by atoms with Gasteiger partial charge in [-0.1, -0.05) is 24.3 Å². The Bertz CT molecular complexity index is 1610. The van der Waals surface area contributed by atoms with Crippen LogP contribution in [0.15, 0.2) is 54.7 Å². The summed E-state index contributed by atoms with van der Waals surface area (Å²) in [5.74, 6) is -2.01. The van der Waals surface area contributed by atoms with Crippen molar-refractivity contribution >= 4 is 45.5 Å². The van der Waals surface area contributed by atoms with Crippen LogP contribution in [-0.2, 0) is 25.7 Å². The number of rotatable bonds is 8. The maximum absolute atomic E-state index is 12.8. The number of likely N-dealkylation sites (tertiary alicyclic amines) is 1. The molecule has 0 atom stereocenters. The van der Waals surface area contributed by atoms with Gasteiger partial charge in [-0.25, -0.2) is 0 Å². The molecule has 0 unspecified atom stereocenters. The Balaban J connectivity index is 1.48. The number of amides is 3. The lowest BCUT2D eigenvalue weighted by atomic mass is 9.89. The number of aromatic nitrogens is 3. The van der Waals surface area contributed by atoms with Gasteiger partial charge in [-0.15, -0.1) is 0 Å². The fraction of sp³-hybridized carbons (Fsp3) is 0.310. The summed E-state index contributed by atoms with van der Waals surface area (Å²) in [6.07, 6.45) is 3.29. The van der Waals surface area contributed by atoms with E-state index in [0.717, 1.165) is 51.5 Å². The van der Waals surface area contributed by atoms with Crippen molar-refractivity contribution in [2.24, 2.45) is 0 Å². The molecule has 40 heavy (non-hydrogen) atoms. The molecule has 0 saturated carbocycles. The quantitative estimate of drug-likeness (QED) is 0.310. The zero-order valence-corrected chi connectivity index (χ0v) is 22.1. The van der Waals surface area contributed by atoms with E-state index in [0.29, 0.717) is 13.1 Å². The Labute approximate surface area is 230 Å². The highest BCUT2D eigenvalue weighted by Gasteiger charge is 2.28. The third-order valence-electron chi connectivity index (χ3n) is 7.22. The molecule has 3 amide bonds. The SMILES string of the molecule is CC(=O)N1CCC(c2nn(CC(=O)NCC(=O)NCC(=O)O)c3cccc(-c4ccc5ncccc5c4)c23)CC1. The molecule has 4 aromatic rings. The van der Waals surface area contributed by atoms with Gasteiger partial charge in [0, 0.05) is 42.9 Å². The Kier molecular flexibility index (Phi) is 7.72. The summed E-state index contributed by atoms with van der Waals surface area (Å²) < 4.78 is 1.65. The first-order valence-corrected chi connectivity index (χ1v) is 13.2. The summed E-state index contributed by atoms with van der Waals surface area (Å²) in [6, 6.07) is 15.9. The molecular formula is C29H30N6O5. The average molecular weight is 543 g/mol. The van der Waals surface area contributed by atoms with Crippen LogP contribution in [-0.4, -0.2) is 74.6 Å². The predicted octanol–water partition coefficient (Wildman–Crippen LogP) is 2.29. The van der Waals surface area contributed by atoms with Crippen LogP contribution in [0.2, 0.25) is 0 Å². The number of nitrogens with one attached hydrogen (secondary N) is 2. The maximum atomic E-state index is 12.8. The largest absolute Gasteiger partial charge is 0.480 e. The number of carbonyl (C=O) groups excluding carboxylic acids is 3. The van der Waals surface area contributed by atoms with Crippen molar-refractivity contribution < 1.29 is 24.3 Å². The molecule has 11 nitrogen and oxygen atoms in total. The summed E-state index contributed by atoms with van der Waals surface area (Å²) in [5, 5.41) is 20.4. The van der Waals surface area contributed by atoms with Gasteiger partial charge in [0.1, 0.15) is 13.1 Å². The lowest BCUT2D eigenvalue weighted by molar-refractivity contribution is -0.137. The smallest absolute Gasteiger partial charge is 0.322 e. The minimum Gasteiger partial charge on any atom is -0.480 e. The molecule has 2 aromatic heterocycles. The molecule has 1 aliphatic rings. The van der Waals surface area contributed by atoms with E-state index < -0.39 is 24.3 Å². The number of piperidine rings is 1. The predicted molar refractivity (Wildman–Crippen MR) is 148 cm³/mol. The monoisotopic (exact) mass is 542 g/mol. The second-order valence-corrected chi connectivity index (χ2v) is 9.88. The molecule has 11 heteroatoms. The number of hydrogen-bond acceptors (Lipinski definition) is 6. The van der Waals surface area contributed by atoms with E-state index in [2.05, 4.69) is 21.7 Å². The molecule has 5 rings (SSSR count). The van der Waals surface area contributed by atoms with Gasteiger partial charge < -0.3 is 20.6 Å². The van der Waals surface area contributed by atoms with Crippen molar-refractivity contribution in [3.8, 4) is 11.1 Å². The number of benzene rings is 2. The van der Waals surface area contributed by atoms with Gasteiger partial charge in [-0.3, -0.25) is 28.8 Å². The average Bonchev–Trinajstić information content (AvgIpc) is 3.33. The first-order valence-electron chi connectivity index (χ1n) is 13.2. The number of aliphatic carboxylic acids is 1. The Hall–Kier alpha value is -4.80. The van der Waals surface area contributed by atoms with E-state index >= 15 is 0 Å². The van der Waals surface area contributed by atoms with Crippen LogP contribution in [0.4, 0.5) is 0 Å². The van der Waals surface area contributed by atoms with E-state index in [9.17, 15) is 19.2 Å². The lowest BCUT2D eigenvalue weighted by Crippen LogP contribution is -2.40. The Morgan fingerprint density at radius 1 is 0.975 bits per heavy atom. The van der Waals surface area contributed by atoms with E-state index in [1.807, 2.05) is 47.4 Å². The summed E-state index contributed by atoms with van der Waals surface area (Å²) in [5.41, 5.74) is 4.57. The highest BCUT2D eigenvalue weighted by molar-refractivity contribution is 5.99. The van der Waals surface area contributed by atoms with Crippen molar-refractivity contribution in [3.63, 3.8) is 0 Å². The van der Waals surface area contributed by atoms with Crippen molar-refractivity contribution in [2.45, 2.75) is 32.2 Å². The molecule has 1 fully saturated rings. The number of fused-ring (bicyclic) bond motifs is 2. The normalized spacial score (nSPS) is 13.9. The van der Waals surface area contributed by atoms with Gasteiger partial charge in [-0.05, 0) is 48.2 Å². The van der Waals surface area contributed by atoms with Crippen LogP contribution in [0.1, 0.15) is 31.4 Å². The molecule has 1 saturated heterocycles. The van der Waals surface area contributed by atoms with Gasteiger partial charge in [-0.2, -0.15) is 5.10 Å². The number of carboxylic acids is 1. The van der Waals surface area contributed by atoms with Crippen LogP contribution in [0.3, 0.4) is 0 Å². The number of pyridine rings is 1. The zero-order chi connectivity index (χ0) is 28.2. The minimum absolute atomic E-state index is 0.0587. The molecule has 0 radical (unpaired) electrons. The summed E-state index contributed by atoms with van der Waals surface area (Å²) in [6.45, 7) is 1.90. The van der Waals surface area contributed by atoms with Crippen LogP contribution < -0.4 is 10.6 Å². The molecular weight excluding hydrogens is 512 g/mol. The number of carbonyl (C=O) groups is 4. The van der Waals surface area contributed by atoms with Crippen LogP contribution in [0.25, 0.3) is 32.9 Å². The van der Waals surface area contributed by atoms with Crippen molar-refractivity contribution in [2.75, 3.05) is 26.2 Å².